The van der Waals surface area contributed by atoms with Gasteiger partial charge in [-0.05, 0) is 36.6 Å². The molecule has 1 atom stereocenters. The molecule has 0 unspecified atom stereocenters. The zero-order chi connectivity index (χ0) is 18.7. The Bertz CT molecular complexity index is 894. The van der Waals surface area contributed by atoms with Gasteiger partial charge in [0.1, 0.15) is 0 Å². The van der Waals surface area contributed by atoms with Crippen LogP contribution in [0.25, 0.3) is 11.1 Å². The van der Waals surface area contributed by atoms with Crippen LogP contribution in [0.4, 0.5) is 0 Å². The molecule has 1 aliphatic rings. The number of hydrogen-bond acceptors (Lipinski definition) is 4. The lowest BCUT2D eigenvalue weighted by molar-refractivity contribution is 0.0269. The van der Waals surface area contributed by atoms with Crippen molar-refractivity contribution in [2.75, 3.05) is 20.2 Å². The van der Waals surface area contributed by atoms with E-state index in [9.17, 15) is 13.2 Å². The molecule has 6 nitrogen and oxygen atoms in total. The summed E-state index contributed by atoms with van der Waals surface area (Å²) in [4.78, 5) is 14.6. The lowest BCUT2D eigenvalue weighted by Gasteiger charge is -2.32. The van der Waals surface area contributed by atoms with Crippen molar-refractivity contribution in [1.82, 2.24) is 4.90 Å². The summed E-state index contributed by atoms with van der Waals surface area (Å²) in [6.07, 6.45) is 1.96. The van der Waals surface area contributed by atoms with Gasteiger partial charge in [-0.25, -0.2) is 13.6 Å². The maximum Gasteiger partial charge on any atom is 0.253 e. The van der Waals surface area contributed by atoms with Crippen LogP contribution in [0, 0.1) is 0 Å². The van der Waals surface area contributed by atoms with Gasteiger partial charge in [0.15, 0.2) is 0 Å². The molecule has 7 heteroatoms. The van der Waals surface area contributed by atoms with Crippen LogP contribution in [0.5, 0.6) is 0 Å². The number of nitrogens with zero attached hydrogens (tertiary/aromatic N) is 1. The predicted octanol–water partition coefficient (Wildman–Crippen LogP) is 2.25. The lowest BCUT2D eigenvalue weighted by atomic mass is 10.0. The van der Waals surface area contributed by atoms with E-state index in [4.69, 9.17) is 9.88 Å². The summed E-state index contributed by atoms with van der Waals surface area (Å²) >= 11 is 0. The third kappa shape index (κ3) is 3.95. The number of benzene rings is 2. The van der Waals surface area contributed by atoms with E-state index in [0.29, 0.717) is 29.8 Å². The second kappa shape index (κ2) is 7.57. The minimum absolute atomic E-state index is 0.0435. The van der Waals surface area contributed by atoms with Crippen LogP contribution in [-0.2, 0) is 14.8 Å². The van der Waals surface area contributed by atoms with Gasteiger partial charge in [-0.1, -0.05) is 30.3 Å². The first-order chi connectivity index (χ1) is 12.4. The van der Waals surface area contributed by atoms with E-state index in [1.807, 2.05) is 0 Å². The summed E-state index contributed by atoms with van der Waals surface area (Å²) in [6, 6.07) is 13.5. The lowest BCUT2D eigenvalue weighted by Crippen LogP contribution is -2.42. The summed E-state index contributed by atoms with van der Waals surface area (Å²) in [5.41, 5.74) is 1.78. The van der Waals surface area contributed by atoms with Gasteiger partial charge in [0.25, 0.3) is 5.91 Å². The molecule has 1 aliphatic heterocycles. The van der Waals surface area contributed by atoms with Gasteiger partial charge in [0, 0.05) is 31.3 Å². The smallest absolute Gasteiger partial charge is 0.253 e. The number of rotatable bonds is 4. The fraction of sp³-hybridized carbons (Fsp3) is 0.316. The van der Waals surface area contributed by atoms with Gasteiger partial charge in [0.05, 0.1) is 11.0 Å². The number of carbonyl (C=O) groups is 1. The number of nitrogens with two attached hydrogens (primary N) is 1. The zero-order valence-electron chi connectivity index (χ0n) is 14.6. The number of methoxy groups -OCH3 is 1. The zero-order valence-corrected chi connectivity index (χ0v) is 15.4. The molecule has 0 radical (unpaired) electrons. The number of likely N-dealkylation sites (tertiary alicyclic amines) is 1. The Kier molecular flexibility index (Phi) is 5.41. The van der Waals surface area contributed by atoms with Gasteiger partial charge >= 0.3 is 0 Å². The van der Waals surface area contributed by atoms with Crippen LogP contribution in [0.15, 0.2) is 53.4 Å². The van der Waals surface area contributed by atoms with E-state index in [1.54, 1.807) is 54.5 Å². The van der Waals surface area contributed by atoms with Crippen molar-refractivity contribution < 1.29 is 17.9 Å². The largest absolute Gasteiger partial charge is 0.380 e. The first-order valence-corrected chi connectivity index (χ1v) is 9.99. The van der Waals surface area contributed by atoms with Crippen molar-refractivity contribution in [3.8, 4) is 11.1 Å². The Labute approximate surface area is 153 Å². The molecule has 0 bridgehead atoms. The van der Waals surface area contributed by atoms with E-state index in [1.165, 1.54) is 6.07 Å². The molecule has 2 N–H and O–H groups in total. The first-order valence-electron chi connectivity index (χ1n) is 8.44. The number of ether oxygens (including phenoxy) is 1. The second-order valence-corrected chi connectivity index (χ2v) is 7.90. The molecule has 0 aromatic heterocycles. The number of sulfonamides is 1. The van der Waals surface area contributed by atoms with Crippen molar-refractivity contribution in [3.63, 3.8) is 0 Å². The third-order valence-electron chi connectivity index (χ3n) is 4.64. The van der Waals surface area contributed by atoms with Gasteiger partial charge in [-0.3, -0.25) is 4.79 Å². The summed E-state index contributed by atoms with van der Waals surface area (Å²) in [5.74, 6) is -0.0435. The van der Waals surface area contributed by atoms with Gasteiger partial charge in [0.2, 0.25) is 10.0 Å². The van der Waals surface area contributed by atoms with E-state index in [-0.39, 0.29) is 16.9 Å². The highest BCUT2D eigenvalue weighted by Gasteiger charge is 2.24. The van der Waals surface area contributed by atoms with E-state index in [0.717, 1.165) is 12.8 Å². The maximum atomic E-state index is 12.7. The van der Waals surface area contributed by atoms with Gasteiger partial charge in [-0.15, -0.1) is 0 Å². The molecule has 1 heterocycles. The fourth-order valence-electron chi connectivity index (χ4n) is 3.24. The van der Waals surface area contributed by atoms with E-state index < -0.39 is 10.0 Å². The second-order valence-electron chi connectivity index (χ2n) is 6.37. The molecular formula is C19H22N2O4S. The molecule has 0 spiro atoms. The topological polar surface area (TPSA) is 89.7 Å². The average Bonchev–Trinajstić information content (AvgIpc) is 2.67. The van der Waals surface area contributed by atoms with Crippen molar-refractivity contribution in [2.45, 2.75) is 23.8 Å². The molecule has 1 saturated heterocycles. The SMILES string of the molecule is CO[C@@H]1CCCN(C(=O)c2ccc(-c3ccccc3S(N)(=O)=O)cc2)C1. The van der Waals surface area contributed by atoms with E-state index >= 15 is 0 Å². The number of piperidine rings is 1. The first kappa shape index (κ1) is 18.6. The van der Waals surface area contributed by atoms with Crippen LogP contribution in [0.2, 0.25) is 0 Å². The highest BCUT2D eigenvalue weighted by atomic mass is 32.2. The van der Waals surface area contributed by atoms with Crippen LogP contribution < -0.4 is 5.14 Å². The summed E-state index contributed by atoms with van der Waals surface area (Å²) in [6.45, 7) is 1.31. The molecule has 2 aromatic rings. The van der Waals surface area contributed by atoms with Gasteiger partial charge in [-0.2, -0.15) is 0 Å². The quantitative estimate of drug-likeness (QED) is 0.889. The van der Waals surface area contributed by atoms with Crippen molar-refractivity contribution in [3.05, 3.63) is 54.1 Å². The summed E-state index contributed by atoms with van der Waals surface area (Å²) in [5, 5.41) is 5.30. The Morgan fingerprint density at radius 3 is 2.50 bits per heavy atom. The molecule has 2 aromatic carbocycles. The minimum atomic E-state index is -3.82. The average molecular weight is 374 g/mol. The standard InChI is InChI=1S/C19H22N2O4S/c1-25-16-5-4-12-21(13-16)19(22)15-10-8-14(9-11-15)17-6-2-3-7-18(17)26(20,23)24/h2-3,6-11,16H,4-5,12-13H2,1H3,(H2,20,23,24)/t16-/m1/s1. The van der Waals surface area contributed by atoms with E-state index in [2.05, 4.69) is 0 Å². The monoisotopic (exact) mass is 374 g/mol. The number of carbonyl (C=O) groups excluding carboxylic acids is 1. The molecule has 1 fully saturated rings. The highest BCUT2D eigenvalue weighted by Crippen LogP contribution is 2.27. The summed E-state index contributed by atoms with van der Waals surface area (Å²) < 4.78 is 28.9. The van der Waals surface area contributed by atoms with Crippen molar-refractivity contribution >= 4 is 15.9 Å². The number of hydrogen-bond donors (Lipinski definition) is 1. The molecule has 0 aliphatic carbocycles. The molecule has 0 saturated carbocycles. The minimum Gasteiger partial charge on any atom is -0.380 e. The molecular weight excluding hydrogens is 352 g/mol. The normalized spacial score (nSPS) is 17.9. The molecule has 138 valence electrons. The highest BCUT2D eigenvalue weighted by molar-refractivity contribution is 7.89. The van der Waals surface area contributed by atoms with Crippen molar-refractivity contribution in [1.29, 1.82) is 0 Å². The Morgan fingerprint density at radius 1 is 1.15 bits per heavy atom. The number of amides is 1. The van der Waals surface area contributed by atoms with Crippen LogP contribution in [-0.4, -0.2) is 45.5 Å². The van der Waals surface area contributed by atoms with Crippen LogP contribution >= 0.6 is 0 Å². The van der Waals surface area contributed by atoms with Crippen molar-refractivity contribution in [2.24, 2.45) is 5.14 Å². The van der Waals surface area contributed by atoms with Crippen LogP contribution in [0.3, 0.4) is 0 Å². The molecule has 1 amide bonds. The number of primary sulfonamides is 1. The summed E-state index contributed by atoms with van der Waals surface area (Å²) in [7, 11) is -2.16. The Balaban J connectivity index is 1.85. The predicted molar refractivity (Wildman–Crippen MR) is 99.2 cm³/mol. The fourth-order valence-corrected chi connectivity index (χ4v) is 4.00. The van der Waals surface area contributed by atoms with Crippen LogP contribution in [0.1, 0.15) is 23.2 Å². The Hall–Kier alpha value is -2.22. The van der Waals surface area contributed by atoms with Gasteiger partial charge < -0.3 is 9.64 Å². The third-order valence-corrected chi connectivity index (χ3v) is 5.60. The Morgan fingerprint density at radius 2 is 1.85 bits per heavy atom. The molecule has 26 heavy (non-hydrogen) atoms. The maximum absolute atomic E-state index is 12.7. The molecule has 3 rings (SSSR count).